The Kier molecular flexibility index (Phi) is 3.17. The van der Waals surface area contributed by atoms with Crippen molar-refractivity contribution >= 4 is 11.9 Å². The number of primary amides is 1. The largest absolute Gasteiger partial charge is 0.464 e. The van der Waals surface area contributed by atoms with E-state index in [1.54, 1.807) is 18.3 Å². The smallest absolute Gasteiger partial charge is 0.372 e. The van der Waals surface area contributed by atoms with Gasteiger partial charge >= 0.3 is 5.97 Å². The molecule has 14 heavy (non-hydrogen) atoms. The van der Waals surface area contributed by atoms with Crippen LogP contribution in [0.25, 0.3) is 0 Å². The molecule has 0 radical (unpaired) electrons. The number of carbonyl (C=O) groups is 2. The first-order valence-corrected chi connectivity index (χ1v) is 3.99. The van der Waals surface area contributed by atoms with Crippen molar-refractivity contribution in [1.82, 2.24) is 0 Å². The number of rotatable bonds is 3. The van der Waals surface area contributed by atoms with Gasteiger partial charge in [0.2, 0.25) is 6.54 Å². The predicted molar refractivity (Wildman–Crippen MR) is 47.2 cm³/mol. The van der Waals surface area contributed by atoms with Crippen molar-refractivity contribution in [3.63, 3.8) is 0 Å². The molecule has 5 heteroatoms. The number of nitrogens with zero attached hydrogens (tertiary/aromatic N) is 1. The third-order valence-corrected chi connectivity index (χ3v) is 1.68. The van der Waals surface area contributed by atoms with Gasteiger partial charge in [-0.25, -0.2) is 4.79 Å². The van der Waals surface area contributed by atoms with Crippen molar-refractivity contribution in [3.05, 3.63) is 30.1 Å². The Labute approximate surface area is 81.1 Å². The summed E-state index contributed by atoms with van der Waals surface area (Å²) in [6.45, 7) is 0.0671. The van der Waals surface area contributed by atoms with E-state index in [-0.39, 0.29) is 12.5 Å². The number of amides is 1. The number of nitrogens with two attached hydrogens (primary N) is 1. The van der Waals surface area contributed by atoms with Gasteiger partial charge in [-0.3, -0.25) is 4.79 Å². The Morgan fingerprint density at radius 2 is 2.29 bits per heavy atom. The topological polar surface area (TPSA) is 73.3 Å². The summed E-state index contributed by atoms with van der Waals surface area (Å²) in [5, 5.41) is 0. The van der Waals surface area contributed by atoms with Gasteiger partial charge in [-0.15, -0.1) is 0 Å². The zero-order valence-electron chi connectivity index (χ0n) is 7.77. The van der Waals surface area contributed by atoms with Crippen molar-refractivity contribution in [2.75, 3.05) is 7.11 Å². The van der Waals surface area contributed by atoms with Gasteiger partial charge in [-0.05, 0) is 6.07 Å². The van der Waals surface area contributed by atoms with Gasteiger partial charge in [0.1, 0.15) is 5.56 Å². The van der Waals surface area contributed by atoms with Crippen molar-refractivity contribution in [2.24, 2.45) is 5.73 Å². The highest BCUT2D eigenvalue weighted by atomic mass is 16.5. The lowest BCUT2D eigenvalue weighted by Crippen LogP contribution is -2.38. The quantitative estimate of drug-likeness (QED) is 0.509. The molecule has 0 atom stereocenters. The van der Waals surface area contributed by atoms with E-state index < -0.39 is 5.91 Å². The molecule has 0 spiro atoms. The molecular weight excluding hydrogens is 184 g/mol. The second-order valence-electron chi connectivity index (χ2n) is 2.71. The van der Waals surface area contributed by atoms with E-state index in [2.05, 4.69) is 4.74 Å². The van der Waals surface area contributed by atoms with Crippen molar-refractivity contribution in [2.45, 2.75) is 6.54 Å². The minimum absolute atomic E-state index is 0.0671. The summed E-state index contributed by atoms with van der Waals surface area (Å²) >= 11 is 0. The number of methoxy groups -OCH3 is 1. The summed E-state index contributed by atoms with van der Waals surface area (Å²) < 4.78 is 6.01. The highest BCUT2D eigenvalue weighted by molar-refractivity contribution is 5.92. The SMILES string of the molecule is COC(=O)C[n+]1cccc(C(N)=O)c1. The standard InChI is InChI=1S/C9H10N2O3/c1-14-8(12)6-11-4-2-3-7(5-11)9(10)13/h2-5H,6H2,1H3,(H-,10,13)/p+1. The van der Waals surface area contributed by atoms with E-state index in [1.807, 2.05) is 0 Å². The Morgan fingerprint density at radius 1 is 1.57 bits per heavy atom. The van der Waals surface area contributed by atoms with Gasteiger partial charge in [0.15, 0.2) is 12.4 Å². The molecule has 0 fully saturated rings. The van der Waals surface area contributed by atoms with E-state index in [9.17, 15) is 9.59 Å². The Balaban J connectivity index is 2.83. The number of ether oxygens (including phenoxy) is 1. The van der Waals surface area contributed by atoms with E-state index in [0.29, 0.717) is 5.56 Å². The zero-order chi connectivity index (χ0) is 10.6. The van der Waals surface area contributed by atoms with Crippen LogP contribution in [0.15, 0.2) is 24.5 Å². The van der Waals surface area contributed by atoms with Crippen molar-refractivity contribution in [1.29, 1.82) is 0 Å². The van der Waals surface area contributed by atoms with Gasteiger partial charge in [-0.2, -0.15) is 4.57 Å². The molecule has 2 N–H and O–H groups in total. The van der Waals surface area contributed by atoms with Crippen LogP contribution in [0.3, 0.4) is 0 Å². The lowest BCUT2D eigenvalue weighted by molar-refractivity contribution is -0.686. The maximum absolute atomic E-state index is 10.9. The molecule has 0 saturated heterocycles. The molecule has 0 aliphatic heterocycles. The molecular formula is C9H11N2O3+. The average molecular weight is 195 g/mol. The first-order chi connectivity index (χ1) is 6.63. The third-order valence-electron chi connectivity index (χ3n) is 1.68. The van der Waals surface area contributed by atoms with Crippen molar-refractivity contribution < 1.29 is 18.9 Å². The number of hydrogen-bond acceptors (Lipinski definition) is 3. The third kappa shape index (κ3) is 2.55. The lowest BCUT2D eigenvalue weighted by Gasteiger charge is -1.96. The van der Waals surface area contributed by atoms with Gasteiger partial charge in [-0.1, -0.05) is 0 Å². The zero-order valence-corrected chi connectivity index (χ0v) is 7.77. The van der Waals surface area contributed by atoms with Crippen LogP contribution in [-0.2, 0) is 16.1 Å². The minimum Gasteiger partial charge on any atom is -0.464 e. The summed E-state index contributed by atoms with van der Waals surface area (Å²) in [4.78, 5) is 21.7. The van der Waals surface area contributed by atoms with Gasteiger partial charge in [0.05, 0.1) is 7.11 Å². The highest BCUT2D eigenvalue weighted by Crippen LogP contribution is 1.91. The first-order valence-electron chi connectivity index (χ1n) is 3.99. The molecule has 5 nitrogen and oxygen atoms in total. The summed E-state index contributed by atoms with van der Waals surface area (Å²) in [7, 11) is 1.31. The van der Waals surface area contributed by atoms with Crippen LogP contribution in [0.1, 0.15) is 10.4 Å². The number of carbonyl (C=O) groups excluding carboxylic acids is 2. The minimum atomic E-state index is -0.524. The molecule has 0 aliphatic carbocycles. The lowest BCUT2D eigenvalue weighted by atomic mass is 10.3. The fraction of sp³-hybridized carbons (Fsp3) is 0.222. The Morgan fingerprint density at radius 3 is 2.86 bits per heavy atom. The van der Waals surface area contributed by atoms with E-state index in [4.69, 9.17) is 5.73 Å². The number of hydrogen-bond donors (Lipinski definition) is 1. The fourth-order valence-electron chi connectivity index (χ4n) is 0.980. The second kappa shape index (κ2) is 4.36. The van der Waals surface area contributed by atoms with Crippen LogP contribution in [0.2, 0.25) is 0 Å². The maximum Gasteiger partial charge on any atom is 0.372 e. The number of pyridine rings is 1. The Hall–Kier alpha value is -1.91. The summed E-state index contributed by atoms with van der Waals surface area (Å²) in [5.41, 5.74) is 5.44. The monoisotopic (exact) mass is 195 g/mol. The van der Waals surface area contributed by atoms with Gasteiger partial charge in [0, 0.05) is 6.07 Å². The van der Waals surface area contributed by atoms with Crippen LogP contribution in [0.4, 0.5) is 0 Å². The van der Waals surface area contributed by atoms with Gasteiger partial charge in [0.25, 0.3) is 5.91 Å². The molecule has 0 bridgehead atoms. The van der Waals surface area contributed by atoms with E-state index >= 15 is 0 Å². The molecule has 1 heterocycles. The predicted octanol–water partition coefficient (Wildman–Crippen LogP) is -0.754. The normalized spacial score (nSPS) is 9.50. The molecule has 1 aromatic rings. The Bertz CT molecular complexity index is 363. The number of esters is 1. The summed E-state index contributed by atoms with van der Waals surface area (Å²) in [6, 6.07) is 3.22. The highest BCUT2D eigenvalue weighted by Gasteiger charge is 2.11. The molecule has 74 valence electrons. The van der Waals surface area contributed by atoms with Crippen LogP contribution >= 0.6 is 0 Å². The summed E-state index contributed by atoms with van der Waals surface area (Å²) in [6.07, 6.45) is 3.16. The first kappa shape index (κ1) is 10.2. The fourth-order valence-corrected chi connectivity index (χ4v) is 0.980. The van der Waals surface area contributed by atoms with Crippen LogP contribution in [0.5, 0.6) is 0 Å². The molecule has 1 amide bonds. The average Bonchev–Trinajstić information content (AvgIpc) is 2.18. The van der Waals surface area contributed by atoms with Crippen molar-refractivity contribution in [3.8, 4) is 0 Å². The molecule has 0 unspecified atom stereocenters. The van der Waals surface area contributed by atoms with E-state index in [0.717, 1.165) is 0 Å². The molecule has 1 rings (SSSR count). The van der Waals surface area contributed by atoms with E-state index in [1.165, 1.54) is 17.9 Å². The van der Waals surface area contributed by atoms with Crippen LogP contribution in [0, 0.1) is 0 Å². The second-order valence-corrected chi connectivity index (χ2v) is 2.71. The molecule has 0 aromatic carbocycles. The molecule has 0 aliphatic rings. The van der Waals surface area contributed by atoms with Gasteiger partial charge < -0.3 is 10.5 Å². The van der Waals surface area contributed by atoms with Crippen LogP contribution < -0.4 is 10.3 Å². The van der Waals surface area contributed by atoms with Crippen LogP contribution in [-0.4, -0.2) is 19.0 Å². The summed E-state index contributed by atoms with van der Waals surface area (Å²) in [5.74, 6) is -0.902. The maximum atomic E-state index is 10.9. The molecule has 1 aromatic heterocycles. The molecule has 0 saturated carbocycles. The number of aromatic nitrogens is 1.